The van der Waals surface area contributed by atoms with Crippen LogP contribution in [-0.4, -0.2) is 66.8 Å². The number of rotatable bonds is 6. The van der Waals surface area contributed by atoms with Gasteiger partial charge in [0.15, 0.2) is 6.61 Å². The molecule has 10 heteroatoms. The maximum absolute atomic E-state index is 13.0. The Labute approximate surface area is 205 Å². The fourth-order valence-corrected chi connectivity index (χ4v) is 4.80. The summed E-state index contributed by atoms with van der Waals surface area (Å²) in [5.74, 6) is -0.0231. The van der Waals surface area contributed by atoms with E-state index in [1.807, 2.05) is 41.8 Å². The highest BCUT2D eigenvalue weighted by molar-refractivity contribution is 7.13. The lowest BCUT2D eigenvalue weighted by Crippen LogP contribution is -2.49. The van der Waals surface area contributed by atoms with Crippen LogP contribution in [0.15, 0.2) is 52.4 Å². The van der Waals surface area contributed by atoms with E-state index in [9.17, 15) is 9.59 Å². The molecular weight excluding hydrogens is 468 g/mol. The molecule has 5 rings (SSSR count). The second-order valence-corrected chi connectivity index (χ2v) is 9.07. The second kappa shape index (κ2) is 9.75. The summed E-state index contributed by atoms with van der Waals surface area (Å²) < 4.78 is 16.0. The number of hydrogen-bond acceptors (Lipinski definition) is 9. The predicted octanol–water partition coefficient (Wildman–Crippen LogP) is 3.77. The van der Waals surface area contributed by atoms with E-state index in [1.54, 1.807) is 25.0 Å². The first-order chi connectivity index (χ1) is 17.0. The lowest BCUT2D eigenvalue weighted by atomic mass is 10.1. The van der Waals surface area contributed by atoms with Crippen molar-refractivity contribution in [2.75, 3.05) is 44.8 Å². The van der Waals surface area contributed by atoms with Crippen LogP contribution in [0.25, 0.3) is 21.7 Å². The highest BCUT2D eigenvalue weighted by Gasteiger charge is 2.25. The third-order valence-electron chi connectivity index (χ3n) is 6.01. The average molecular weight is 493 g/mol. The number of anilines is 1. The van der Waals surface area contributed by atoms with Crippen LogP contribution in [0.5, 0.6) is 5.75 Å². The molecule has 1 amide bonds. The Balaban J connectivity index is 1.23. The number of aryl methyl sites for hydroxylation is 1. The van der Waals surface area contributed by atoms with Gasteiger partial charge in [-0.05, 0) is 48.7 Å². The number of nitrogens with zero attached hydrogens (tertiary/aromatic N) is 4. The molecule has 1 aromatic carbocycles. The van der Waals surface area contributed by atoms with Gasteiger partial charge in [0.1, 0.15) is 5.75 Å². The largest absolute Gasteiger partial charge is 0.497 e. The van der Waals surface area contributed by atoms with Crippen LogP contribution in [-0.2, 0) is 9.53 Å². The Morgan fingerprint density at radius 1 is 1.11 bits per heavy atom. The van der Waals surface area contributed by atoms with E-state index in [0.717, 1.165) is 16.3 Å². The fourth-order valence-electron chi connectivity index (χ4n) is 4.11. The maximum Gasteiger partial charge on any atom is 0.339 e. The Kier molecular flexibility index (Phi) is 6.37. The summed E-state index contributed by atoms with van der Waals surface area (Å²) in [6, 6.07) is 13.3. The maximum atomic E-state index is 13.0. The minimum absolute atomic E-state index is 0.224. The molecule has 4 aromatic rings. The lowest BCUT2D eigenvalue weighted by Gasteiger charge is -2.36. The van der Waals surface area contributed by atoms with Crippen molar-refractivity contribution in [3.8, 4) is 16.3 Å². The van der Waals surface area contributed by atoms with E-state index < -0.39 is 5.97 Å². The number of piperazine rings is 1. The van der Waals surface area contributed by atoms with Gasteiger partial charge in [-0.2, -0.15) is 0 Å². The molecule has 0 saturated carbocycles. The Morgan fingerprint density at radius 2 is 1.89 bits per heavy atom. The number of thiophene rings is 1. The molecule has 4 heterocycles. The van der Waals surface area contributed by atoms with Crippen molar-refractivity contribution in [2.24, 2.45) is 0 Å². The van der Waals surface area contributed by atoms with Gasteiger partial charge >= 0.3 is 5.97 Å². The smallest absolute Gasteiger partial charge is 0.339 e. The van der Waals surface area contributed by atoms with Crippen LogP contribution in [0.3, 0.4) is 0 Å². The quantitative estimate of drug-likeness (QED) is 0.375. The topological polar surface area (TPSA) is 98.0 Å². The summed E-state index contributed by atoms with van der Waals surface area (Å²) in [4.78, 5) is 35.1. The van der Waals surface area contributed by atoms with Gasteiger partial charge in [0.2, 0.25) is 0 Å². The van der Waals surface area contributed by atoms with E-state index in [1.165, 1.54) is 11.3 Å². The van der Waals surface area contributed by atoms with Crippen LogP contribution in [0.1, 0.15) is 16.1 Å². The van der Waals surface area contributed by atoms with Crippen LogP contribution in [0.2, 0.25) is 0 Å². The Bertz CT molecular complexity index is 1340. The molecule has 0 aliphatic carbocycles. The number of hydrogen-bond donors (Lipinski definition) is 0. The Hall–Kier alpha value is -3.92. The summed E-state index contributed by atoms with van der Waals surface area (Å²) in [5.41, 5.74) is 2.77. The summed E-state index contributed by atoms with van der Waals surface area (Å²) in [6.07, 6.45) is 0. The van der Waals surface area contributed by atoms with Crippen molar-refractivity contribution >= 4 is 40.0 Å². The number of benzene rings is 1. The van der Waals surface area contributed by atoms with Crippen molar-refractivity contribution in [1.82, 2.24) is 15.0 Å². The second-order valence-electron chi connectivity index (χ2n) is 8.12. The molecule has 0 spiro atoms. The van der Waals surface area contributed by atoms with Crippen molar-refractivity contribution in [2.45, 2.75) is 6.92 Å². The third kappa shape index (κ3) is 4.69. The molecule has 0 radical (unpaired) electrons. The molecule has 1 aliphatic heterocycles. The molecule has 0 unspecified atom stereocenters. The number of esters is 1. The highest BCUT2D eigenvalue weighted by Crippen LogP contribution is 2.30. The molecular formula is C25H24N4O5S. The molecule has 0 atom stereocenters. The first-order valence-corrected chi connectivity index (χ1v) is 12.1. The number of carbonyl (C=O) groups excluding carboxylic acids is 2. The van der Waals surface area contributed by atoms with E-state index in [4.69, 9.17) is 14.0 Å². The summed E-state index contributed by atoms with van der Waals surface area (Å²) >= 11 is 1.50. The average Bonchev–Trinajstić information content (AvgIpc) is 3.57. The normalized spacial score (nSPS) is 13.8. The molecule has 1 fully saturated rings. The number of amides is 1. The van der Waals surface area contributed by atoms with E-state index >= 15 is 0 Å². The molecule has 9 nitrogen and oxygen atoms in total. The van der Waals surface area contributed by atoms with Crippen molar-refractivity contribution < 1.29 is 23.6 Å². The van der Waals surface area contributed by atoms with Crippen LogP contribution >= 0.6 is 11.3 Å². The van der Waals surface area contributed by atoms with Crippen LogP contribution in [0, 0.1) is 6.92 Å². The van der Waals surface area contributed by atoms with Gasteiger partial charge in [0.05, 0.1) is 34.3 Å². The van der Waals surface area contributed by atoms with Gasteiger partial charge < -0.3 is 23.8 Å². The van der Waals surface area contributed by atoms with Crippen molar-refractivity contribution in [1.29, 1.82) is 0 Å². The molecule has 180 valence electrons. The number of methoxy groups -OCH3 is 1. The zero-order valence-electron chi connectivity index (χ0n) is 19.4. The number of fused-ring (bicyclic) bond motifs is 1. The molecule has 1 saturated heterocycles. The first-order valence-electron chi connectivity index (χ1n) is 11.2. The van der Waals surface area contributed by atoms with Crippen molar-refractivity contribution in [3.63, 3.8) is 0 Å². The minimum atomic E-state index is -0.605. The van der Waals surface area contributed by atoms with Crippen molar-refractivity contribution in [3.05, 3.63) is 59.1 Å². The summed E-state index contributed by atoms with van der Waals surface area (Å²) in [5, 5.41) is 6.37. The SMILES string of the molecule is COc1ccc(N2CCN(C(=O)COC(=O)c3cc(-c4cccs4)nc4onc(C)c34)CC2)cc1. The summed E-state index contributed by atoms with van der Waals surface area (Å²) in [7, 11) is 1.64. The zero-order valence-corrected chi connectivity index (χ0v) is 20.2. The molecule has 1 aliphatic rings. The summed E-state index contributed by atoms with van der Waals surface area (Å²) in [6.45, 7) is 3.90. The predicted molar refractivity (Wildman–Crippen MR) is 132 cm³/mol. The monoisotopic (exact) mass is 492 g/mol. The minimum Gasteiger partial charge on any atom is -0.497 e. The number of carbonyl (C=O) groups is 2. The molecule has 0 bridgehead atoms. The first kappa shape index (κ1) is 22.9. The van der Waals surface area contributed by atoms with Gasteiger partial charge in [-0.3, -0.25) is 4.79 Å². The van der Waals surface area contributed by atoms with E-state index in [0.29, 0.717) is 43.0 Å². The van der Waals surface area contributed by atoms with Gasteiger partial charge in [-0.15, -0.1) is 11.3 Å². The number of pyridine rings is 1. The van der Waals surface area contributed by atoms with Crippen LogP contribution in [0.4, 0.5) is 5.69 Å². The lowest BCUT2D eigenvalue weighted by molar-refractivity contribution is -0.134. The molecule has 35 heavy (non-hydrogen) atoms. The molecule has 3 aromatic heterocycles. The fraction of sp³-hybridized carbons (Fsp3) is 0.280. The van der Waals surface area contributed by atoms with Crippen LogP contribution < -0.4 is 9.64 Å². The zero-order chi connectivity index (χ0) is 24.4. The number of ether oxygens (including phenoxy) is 2. The van der Waals surface area contributed by atoms with E-state index in [-0.39, 0.29) is 23.8 Å². The third-order valence-corrected chi connectivity index (χ3v) is 6.90. The van der Waals surface area contributed by atoms with E-state index in [2.05, 4.69) is 15.0 Å². The molecule has 0 N–H and O–H groups in total. The number of aromatic nitrogens is 2. The van der Waals surface area contributed by atoms with Gasteiger partial charge in [0, 0.05) is 31.9 Å². The standard InChI is InChI=1S/C25H24N4O5S/c1-16-23-19(14-20(21-4-3-13-35-21)26-24(23)34-27-16)25(31)33-15-22(30)29-11-9-28(10-12-29)17-5-7-18(32-2)8-6-17/h3-8,13-14H,9-12,15H2,1-2H3. The highest BCUT2D eigenvalue weighted by atomic mass is 32.1. The van der Waals surface area contributed by atoms with Gasteiger partial charge in [-0.25, -0.2) is 9.78 Å². The Morgan fingerprint density at radius 3 is 2.57 bits per heavy atom. The van der Waals surface area contributed by atoms with Gasteiger partial charge in [-0.1, -0.05) is 11.2 Å². The van der Waals surface area contributed by atoms with Gasteiger partial charge in [0.25, 0.3) is 11.6 Å².